The van der Waals surface area contributed by atoms with E-state index in [9.17, 15) is 0 Å². The van der Waals surface area contributed by atoms with Gasteiger partial charge in [-0.25, -0.2) is 0 Å². The summed E-state index contributed by atoms with van der Waals surface area (Å²) in [4.78, 5) is 0. The summed E-state index contributed by atoms with van der Waals surface area (Å²) in [6, 6.07) is 99.9. The van der Waals surface area contributed by atoms with E-state index in [1.807, 2.05) is 0 Å². The fourth-order valence-corrected chi connectivity index (χ4v) is 11.3. The molecule has 0 saturated heterocycles. The van der Waals surface area contributed by atoms with Gasteiger partial charge < -0.3 is 13.7 Å². The highest BCUT2D eigenvalue weighted by Gasteiger charge is 2.27. The van der Waals surface area contributed by atoms with Gasteiger partial charge in [0.1, 0.15) is 0 Å². The number of hydrogen-bond donors (Lipinski definition) is 0. The molecule has 0 unspecified atom stereocenters. The highest BCUT2D eigenvalue weighted by Crippen LogP contribution is 2.48. The Balaban J connectivity index is 1.12. The molecule has 0 saturated carbocycles. The van der Waals surface area contributed by atoms with Crippen molar-refractivity contribution in [2.24, 2.45) is 0 Å². The van der Waals surface area contributed by atoms with E-state index in [0.717, 1.165) is 67.0 Å². The summed E-state index contributed by atoms with van der Waals surface area (Å²) in [5, 5.41) is 6.03. The summed E-state index contributed by atoms with van der Waals surface area (Å²) in [5.41, 5.74) is 20.9. The van der Waals surface area contributed by atoms with Crippen LogP contribution in [0.1, 0.15) is 0 Å². The van der Waals surface area contributed by atoms with E-state index in [2.05, 4.69) is 287 Å². The molecule has 14 rings (SSSR count). The van der Waals surface area contributed by atoms with Gasteiger partial charge in [-0.15, -0.1) is 0 Å². The van der Waals surface area contributed by atoms with Crippen molar-refractivity contribution in [3.05, 3.63) is 273 Å². The van der Waals surface area contributed by atoms with Crippen molar-refractivity contribution < 1.29 is 0 Å². The van der Waals surface area contributed by atoms with Crippen molar-refractivity contribution in [2.45, 2.75) is 0 Å². The van der Waals surface area contributed by atoms with Crippen LogP contribution in [-0.2, 0) is 0 Å². The molecule has 0 aliphatic carbocycles. The molecule has 0 bridgehead atoms. The molecule has 0 amide bonds. The summed E-state index contributed by atoms with van der Waals surface area (Å²) in [5.74, 6) is 0. The predicted octanol–water partition coefficient (Wildman–Crippen LogP) is 18.2. The van der Waals surface area contributed by atoms with Crippen LogP contribution in [0.2, 0.25) is 0 Å². The zero-order chi connectivity index (χ0) is 46.8. The summed E-state index contributed by atoms with van der Waals surface area (Å²) < 4.78 is 7.55. The molecule has 3 nitrogen and oxygen atoms in total. The van der Waals surface area contributed by atoms with Crippen LogP contribution in [0, 0.1) is 0 Å². The Kier molecular flexibility index (Phi) is 9.53. The molecule has 0 atom stereocenters. The quantitative estimate of drug-likeness (QED) is 0.144. The van der Waals surface area contributed by atoms with Gasteiger partial charge in [-0.2, -0.15) is 0 Å². The molecule has 71 heavy (non-hydrogen) atoms. The molecule has 3 aromatic heterocycles. The first-order valence-electron chi connectivity index (χ1n) is 24.4. The molecule has 0 aliphatic heterocycles. The standard InChI is InChI=1S/C68H45N3/c1-7-21-46(22-8-1)51-35-39-63-60(43-51)61-44-52(47-23-9-2-10-24-47)36-40-64(61)69(63)55-41-53(48-25-11-3-12-26-48)42-56(45-55)70-62-34-20-19-33-57(62)58-37-38-59-65(49-27-13-4-14-28-49)66(50-29-15-5-16-30-50)71(68(59)67(58)70)54-31-17-6-18-32-54/h1-45H. The van der Waals surface area contributed by atoms with Crippen molar-refractivity contribution in [1.29, 1.82) is 0 Å². The molecule has 11 aromatic carbocycles. The minimum Gasteiger partial charge on any atom is -0.309 e. The largest absolute Gasteiger partial charge is 0.309 e. The Labute approximate surface area is 412 Å². The number of benzene rings is 11. The smallest absolute Gasteiger partial charge is 0.0789 e. The fraction of sp³-hybridized carbons (Fsp3) is 0. The third-order valence-electron chi connectivity index (χ3n) is 14.4. The van der Waals surface area contributed by atoms with Crippen LogP contribution >= 0.6 is 0 Å². The van der Waals surface area contributed by atoms with E-state index in [-0.39, 0.29) is 0 Å². The minimum atomic E-state index is 1.08. The number of para-hydroxylation sites is 2. The lowest BCUT2D eigenvalue weighted by atomic mass is 9.98. The van der Waals surface area contributed by atoms with Crippen molar-refractivity contribution in [3.8, 4) is 72.8 Å². The van der Waals surface area contributed by atoms with Crippen LogP contribution in [0.3, 0.4) is 0 Å². The van der Waals surface area contributed by atoms with Crippen LogP contribution in [0.25, 0.3) is 127 Å². The van der Waals surface area contributed by atoms with Crippen molar-refractivity contribution >= 4 is 54.5 Å². The van der Waals surface area contributed by atoms with E-state index in [0.29, 0.717) is 0 Å². The monoisotopic (exact) mass is 903 g/mol. The van der Waals surface area contributed by atoms with Gasteiger partial charge in [-0.1, -0.05) is 212 Å². The Morgan fingerprint density at radius 3 is 1.18 bits per heavy atom. The summed E-state index contributed by atoms with van der Waals surface area (Å²) >= 11 is 0. The third kappa shape index (κ3) is 6.66. The zero-order valence-electron chi connectivity index (χ0n) is 38.8. The predicted molar refractivity (Wildman–Crippen MR) is 299 cm³/mol. The first kappa shape index (κ1) is 40.6. The molecule has 3 heterocycles. The Hall–Kier alpha value is -9.44. The summed E-state index contributed by atoms with van der Waals surface area (Å²) in [6.45, 7) is 0. The average molecular weight is 904 g/mol. The number of hydrogen-bond acceptors (Lipinski definition) is 0. The molecule has 0 aliphatic rings. The van der Waals surface area contributed by atoms with Gasteiger partial charge in [-0.3, -0.25) is 0 Å². The highest BCUT2D eigenvalue weighted by atomic mass is 15.1. The van der Waals surface area contributed by atoms with Gasteiger partial charge in [0, 0.05) is 49.6 Å². The lowest BCUT2D eigenvalue weighted by Crippen LogP contribution is -2.02. The minimum absolute atomic E-state index is 1.08. The van der Waals surface area contributed by atoms with Gasteiger partial charge in [-0.05, 0) is 105 Å². The second-order valence-electron chi connectivity index (χ2n) is 18.5. The van der Waals surface area contributed by atoms with Crippen LogP contribution < -0.4 is 0 Å². The van der Waals surface area contributed by atoms with Gasteiger partial charge >= 0.3 is 0 Å². The molecule has 332 valence electrons. The van der Waals surface area contributed by atoms with Crippen molar-refractivity contribution in [3.63, 3.8) is 0 Å². The number of rotatable bonds is 8. The third-order valence-corrected chi connectivity index (χ3v) is 14.4. The zero-order valence-corrected chi connectivity index (χ0v) is 38.8. The number of nitrogens with zero attached hydrogens (tertiary/aromatic N) is 3. The molecule has 14 aromatic rings. The summed E-state index contributed by atoms with van der Waals surface area (Å²) in [7, 11) is 0. The maximum absolute atomic E-state index is 2.54. The van der Waals surface area contributed by atoms with Crippen LogP contribution in [0.5, 0.6) is 0 Å². The van der Waals surface area contributed by atoms with E-state index in [4.69, 9.17) is 0 Å². The van der Waals surface area contributed by atoms with Gasteiger partial charge in [0.2, 0.25) is 0 Å². The number of aromatic nitrogens is 3. The molecule has 0 fully saturated rings. The van der Waals surface area contributed by atoms with Crippen molar-refractivity contribution in [2.75, 3.05) is 0 Å². The van der Waals surface area contributed by atoms with Crippen LogP contribution in [0.4, 0.5) is 0 Å². The molecular weight excluding hydrogens is 859 g/mol. The topological polar surface area (TPSA) is 14.8 Å². The van der Waals surface area contributed by atoms with Gasteiger partial charge in [0.15, 0.2) is 0 Å². The maximum atomic E-state index is 2.54. The van der Waals surface area contributed by atoms with Crippen LogP contribution in [0.15, 0.2) is 273 Å². The van der Waals surface area contributed by atoms with Gasteiger partial charge in [0.05, 0.1) is 33.3 Å². The fourth-order valence-electron chi connectivity index (χ4n) is 11.3. The highest BCUT2D eigenvalue weighted by molar-refractivity contribution is 6.22. The molecular formula is C68H45N3. The van der Waals surface area contributed by atoms with Crippen molar-refractivity contribution in [1.82, 2.24) is 13.7 Å². The molecule has 0 spiro atoms. The Morgan fingerprint density at radius 1 is 0.197 bits per heavy atom. The SMILES string of the molecule is c1ccc(-c2cc(-n3c4ccc(-c5ccccc5)cc4c4cc(-c5ccccc5)ccc43)cc(-n3c4ccccc4c4ccc5c(-c6ccccc6)c(-c6ccccc6)n(-c6ccccc6)c5c43)c2)cc1. The Morgan fingerprint density at radius 2 is 0.620 bits per heavy atom. The van der Waals surface area contributed by atoms with E-state index in [1.54, 1.807) is 0 Å². The maximum Gasteiger partial charge on any atom is 0.0789 e. The van der Waals surface area contributed by atoms with E-state index >= 15 is 0 Å². The second-order valence-corrected chi connectivity index (χ2v) is 18.5. The molecule has 3 heteroatoms. The second kappa shape index (κ2) is 16.7. The van der Waals surface area contributed by atoms with E-state index < -0.39 is 0 Å². The lowest BCUT2D eigenvalue weighted by molar-refractivity contribution is 1.11. The molecule has 0 N–H and O–H groups in total. The average Bonchev–Trinajstić information content (AvgIpc) is 4.10. The summed E-state index contributed by atoms with van der Waals surface area (Å²) in [6.07, 6.45) is 0. The Bertz CT molecular complexity index is 4180. The number of fused-ring (bicyclic) bond motifs is 8. The van der Waals surface area contributed by atoms with Gasteiger partial charge in [0.25, 0.3) is 0 Å². The van der Waals surface area contributed by atoms with E-state index in [1.165, 1.54) is 60.3 Å². The normalized spacial score (nSPS) is 11.7. The first-order chi connectivity index (χ1) is 35.2. The van der Waals surface area contributed by atoms with Crippen LogP contribution in [-0.4, -0.2) is 13.7 Å². The lowest BCUT2D eigenvalue weighted by Gasteiger charge is -2.17. The molecule has 0 radical (unpaired) electrons. The first-order valence-corrected chi connectivity index (χ1v) is 24.4.